The van der Waals surface area contributed by atoms with Gasteiger partial charge in [0.2, 0.25) is 0 Å². The molecule has 2 heterocycles. The topological polar surface area (TPSA) is 79.6 Å². The Morgan fingerprint density at radius 3 is 2.62 bits per heavy atom. The Balaban J connectivity index is 1.54. The molecule has 0 unspecified atom stereocenters. The summed E-state index contributed by atoms with van der Waals surface area (Å²) in [4.78, 5) is 15.0. The summed E-state index contributed by atoms with van der Waals surface area (Å²) in [5, 5.41) is 17.4. The number of ether oxygens (including phenoxy) is 1. The quantitative estimate of drug-likeness (QED) is 0.664. The Hall–Kier alpha value is -2.36. The molecule has 0 spiro atoms. The van der Waals surface area contributed by atoms with Gasteiger partial charge in [0.15, 0.2) is 0 Å². The minimum absolute atomic E-state index is 0.0421. The van der Waals surface area contributed by atoms with Crippen LogP contribution < -0.4 is 5.32 Å². The predicted octanol–water partition coefficient (Wildman–Crippen LogP) is 2.58. The van der Waals surface area contributed by atoms with Crippen LogP contribution in [0.4, 0.5) is 8.78 Å². The van der Waals surface area contributed by atoms with Gasteiger partial charge in [-0.05, 0) is 37.3 Å². The van der Waals surface area contributed by atoms with Crippen molar-refractivity contribution in [1.82, 2.24) is 20.0 Å². The van der Waals surface area contributed by atoms with Crippen LogP contribution >= 0.6 is 0 Å². The van der Waals surface area contributed by atoms with Gasteiger partial charge in [0.1, 0.15) is 5.69 Å². The molecule has 1 saturated heterocycles. The molecule has 9 heteroatoms. The zero-order valence-corrected chi connectivity index (χ0v) is 18.0. The largest absolute Gasteiger partial charge is 0.391 e. The minimum Gasteiger partial charge on any atom is -0.391 e. The molecule has 1 aliphatic carbocycles. The van der Waals surface area contributed by atoms with Gasteiger partial charge in [0.05, 0.1) is 19.3 Å². The fraction of sp³-hybridized carbons (Fsp3) is 0.565. The molecule has 1 aliphatic heterocycles. The lowest BCUT2D eigenvalue weighted by Crippen LogP contribution is -2.48. The maximum atomic E-state index is 13.2. The normalized spacial score (nSPS) is 27.2. The molecule has 4 rings (SSSR count). The second-order valence-electron chi connectivity index (χ2n) is 8.63. The number of carbonyl (C=O) groups is 1. The number of rotatable bonds is 6. The predicted molar refractivity (Wildman–Crippen MR) is 115 cm³/mol. The van der Waals surface area contributed by atoms with E-state index in [0.29, 0.717) is 37.3 Å². The van der Waals surface area contributed by atoms with E-state index in [-0.39, 0.29) is 11.7 Å². The van der Waals surface area contributed by atoms with Gasteiger partial charge >= 0.3 is 6.55 Å². The number of alkyl halides is 2. The van der Waals surface area contributed by atoms with Crippen LogP contribution in [0.1, 0.15) is 48.3 Å². The number of hydrogen-bond acceptors (Lipinski definition) is 5. The zero-order chi connectivity index (χ0) is 22.6. The molecule has 174 valence electrons. The summed E-state index contributed by atoms with van der Waals surface area (Å²) >= 11 is 0. The third-order valence-electron chi connectivity index (χ3n) is 6.86. The molecule has 32 heavy (non-hydrogen) atoms. The van der Waals surface area contributed by atoms with E-state index >= 15 is 0 Å². The van der Waals surface area contributed by atoms with Gasteiger partial charge in [-0.2, -0.15) is 18.6 Å². The van der Waals surface area contributed by atoms with Crippen molar-refractivity contribution in [2.75, 3.05) is 32.8 Å². The number of nitrogens with one attached hydrogen (secondary N) is 1. The summed E-state index contributed by atoms with van der Waals surface area (Å²) in [5.41, 5.74) is 0.523. The number of hydrogen-bond donors (Lipinski definition) is 2. The Morgan fingerprint density at radius 2 is 1.91 bits per heavy atom. The third-order valence-corrected chi connectivity index (χ3v) is 6.86. The van der Waals surface area contributed by atoms with Crippen LogP contribution in [0.3, 0.4) is 0 Å². The van der Waals surface area contributed by atoms with E-state index in [1.807, 2.05) is 30.3 Å². The van der Waals surface area contributed by atoms with Crippen molar-refractivity contribution in [3.8, 4) is 0 Å². The molecule has 2 fully saturated rings. The van der Waals surface area contributed by atoms with Gasteiger partial charge in [0.25, 0.3) is 5.91 Å². The molecule has 1 saturated carbocycles. The van der Waals surface area contributed by atoms with Crippen molar-refractivity contribution < 1.29 is 23.4 Å². The second kappa shape index (κ2) is 10.1. The lowest BCUT2D eigenvalue weighted by molar-refractivity contribution is -0.0236. The van der Waals surface area contributed by atoms with E-state index in [9.17, 15) is 18.7 Å². The van der Waals surface area contributed by atoms with Crippen molar-refractivity contribution in [3.05, 3.63) is 53.9 Å². The number of morpholine rings is 1. The van der Waals surface area contributed by atoms with Gasteiger partial charge in [-0.3, -0.25) is 9.69 Å². The fourth-order valence-electron chi connectivity index (χ4n) is 5.04. The molecule has 0 radical (unpaired) electrons. The molecular weight excluding hydrogens is 418 g/mol. The van der Waals surface area contributed by atoms with Crippen molar-refractivity contribution in [3.63, 3.8) is 0 Å². The first kappa shape index (κ1) is 22.8. The number of nitrogens with zero attached hydrogens (tertiary/aromatic N) is 3. The average Bonchev–Trinajstić information content (AvgIpc) is 3.26. The maximum absolute atomic E-state index is 13.2. The summed E-state index contributed by atoms with van der Waals surface area (Å²) in [7, 11) is 0. The average molecular weight is 449 g/mol. The Bertz CT molecular complexity index is 888. The number of benzene rings is 1. The van der Waals surface area contributed by atoms with Gasteiger partial charge < -0.3 is 15.2 Å². The van der Waals surface area contributed by atoms with E-state index in [1.165, 1.54) is 12.3 Å². The van der Waals surface area contributed by atoms with E-state index in [2.05, 4.69) is 15.3 Å². The Morgan fingerprint density at radius 1 is 1.19 bits per heavy atom. The summed E-state index contributed by atoms with van der Waals surface area (Å²) in [6, 6.07) is 11.3. The second-order valence-corrected chi connectivity index (χ2v) is 8.63. The summed E-state index contributed by atoms with van der Waals surface area (Å²) in [6.45, 7) is 0.355. The Kier molecular flexibility index (Phi) is 7.17. The van der Waals surface area contributed by atoms with Gasteiger partial charge in [0, 0.05) is 37.3 Å². The molecule has 2 aliphatic rings. The van der Waals surface area contributed by atoms with Crippen LogP contribution in [0, 0.1) is 0 Å². The third kappa shape index (κ3) is 4.84. The van der Waals surface area contributed by atoms with E-state index in [0.717, 1.165) is 31.5 Å². The zero-order valence-electron chi connectivity index (χ0n) is 18.0. The number of halogens is 2. The molecule has 2 N–H and O–H groups in total. The highest BCUT2D eigenvalue weighted by Crippen LogP contribution is 2.39. The molecule has 2 aromatic rings. The summed E-state index contributed by atoms with van der Waals surface area (Å²) in [5.74, 6) is -0.576. The van der Waals surface area contributed by atoms with Crippen LogP contribution in [0.15, 0.2) is 42.6 Å². The molecule has 1 amide bonds. The first-order valence-electron chi connectivity index (χ1n) is 11.2. The van der Waals surface area contributed by atoms with Crippen molar-refractivity contribution in [2.24, 2.45) is 0 Å². The van der Waals surface area contributed by atoms with Crippen molar-refractivity contribution in [2.45, 2.75) is 49.8 Å². The van der Waals surface area contributed by atoms with E-state index < -0.39 is 24.0 Å². The number of amides is 1. The van der Waals surface area contributed by atoms with E-state index in [4.69, 9.17) is 4.74 Å². The fourth-order valence-corrected chi connectivity index (χ4v) is 5.04. The van der Waals surface area contributed by atoms with Crippen molar-refractivity contribution >= 4 is 5.91 Å². The number of aliphatic hydroxyl groups is 1. The van der Waals surface area contributed by atoms with Crippen LogP contribution in [-0.4, -0.2) is 70.7 Å². The highest BCUT2D eigenvalue weighted by atomic mass is 19.3. The monoisotopic (exact) mass is 448 g/mol. The van der Waals surface area contributed by atoms with Crippen LogP contribution in [0.25, 0.3) is 0 Å². The van der Waals surface area contributed by atoms with Gasteiger partial charge in [-0.25, -0.2) is 0 Å². The van der Waals surface area contributed by atoms with Crippen molar-refractivity contribution in [1.29, 1.82) is 0 Å². The molecule has 3 atom stereocenters. The van der Waals surface area contributed by atoms with Gasteiger partial charge in [-0.1, -0.05) is 30.3 Å². The number of aromatic nitrogens is 2. The SMILES string of the molecule is O=C(NC[C@]1(c2ccccc2)CC[C@@H](O)[C@H](N2CCOCC2)CC1)c1ccnn1C(F)F. The molecule has 1 aromatic heterocycles. The molecule has 7 nitrogen and oxygen atoms in total. The summed E-state index contributed by atoms with van der Waals surface area (Å²) in [6.07, 6.45) is 3.57. The lowest BCUT2D eigenvalue weighted by Gasteiger charge is -2.37. The van der Waals surface area contributed by atoms with Crippen LogP contribution in [-0.2, 0) is 10.2 Å². The first-order chi connectivity index (χ1) is 15.5. The van der Waals surface area contributed by atoms with Crippen LogP contribution in [0.2, 0.25) is 0 Å². The van der Waals surface area contributed by atoms with Gasteiger partial charge in [-0.15, -0.1) is 0 Å². The maximum Gasteiger partial charge on any atom is 0.333 e. The lowest BCUT2D eigenvalue weighted by atomic mass is 9.74. The standard InChI is InChI=1S/C23H30F2N4O3/c24-22(25)29-19(8-11-27-29)21(31)26-16-23(17-4-2-1-3-5-17)9-6-18(20(30)7-10-23)28-12-14-32-15-13-28/h1-5,8,11,18,20,22,30H,6-7,9-10,12-16H2,(H,26,31)/t18-,20-,23-/m1/s1. The molecule has 0 bridgehead atoms. The number of aliphatic hydroxyl groups excluding tert-OH is 1. The van der Waals surface area contributed by atoms with Crippen LogP contribution in [0.5, 0.6) is 0 Å². The highest BCUT2D eigenvalue weighted by molar-refractivity contribution is 5.92. The Labute approximate surface area is 186 Å². The smallest absolute Gasteiger partial charge is 0.333 e. The molecular formula is C23H30F2N4O3. The van der Waals surface area contributed by atoms with E-state index in [1.54, 1.807) is 0 Å². The molecule has 1 aromatic carbocycles. The summed E-state index contributed by atoms with van der Waals surface area (Å²) < 4.78 is 32.2. The number of carbonyl (C=O) groups excluding carboxylic acids is 1. The highest BCUT2D eigenvalue weighted by Gasteiger charge is 2.40. The first-order valence-corrected chi connectivity index (χ1v) is 11.2. The minimum atomic E-state index is -2.88.